The second-order valence-electron chi connectivity index (χ2n) is 5.07. The van der Waals surface area contributed by atoms with E-state index in [0.29, 0.717) is 12.0 Å². The SMILES string of the molecule is CCC(Nc1ccccc1C)(C(N)=O)c1ccc(F)cc1. The predicted molar refractivity (Wildman–Crippen MR) is 82.4 cm³/mol. The van der Waals surface area contributed by atoms with Crippen LogP contribution in [0.4, 0.5) is 10.1 Å². The van der Waals surface area contributed by atoms with Gasteiger partial charge in [-0.05, 0) is 42.7 Å². The van der Waals surface area contributed by atoms with Crippen LogP contribution < -0.4 is 11.1 Å². The molecule has 0 bridgehead atoms. The van der Waals surface area contributed by atoms with Crippen LogP contribution in [0.3, 0.4) is 0 Å². The Labute approximate surface area is 124 Å². The maximum absolute atomic E-state index is 13.1. The van der Waals surface area contributed by atoms with Crippen molar-refractivity contribution in [3.8, 4) is 0 Å². The van der Waals surface area contributed by atoms with E-state index in [4.69, 9.17) is 5.73 Å². The van der Waals surface area contributed by atoms with Crippen molar-refractivity contribution >= 4 is 11.6 Å². The lowest BCUT2D eigenvalue weighted by Gasteiger charge is -2.33. The fraction of sp³-hybridized carbons (Fsp3) is 0.235. The summed E-state index contributed by atoms with van der Waals surface area (Å²) in [5, 5.41) is 3.25. The first-order valence-corrected chi connectivity index (χ1v) is 6.89. The second kappa shape index (κ2) is 5.95. The molecule has 0 saturated carbocycles. The molecular weight excluding hydrogens is 267 g/mol. The van der Waals surface area contributed by atoms with E-state index < -0.39 is 11.4 Å². The van der Waals surface area contributed by atoms with Gasteiger partial charge in [0.2, 0.25) is 5.91 Å². The van der Waals surface area contributed by atoms with Gasteiger partial charge in [-0.15, -0.1) is 0 Å². The molecule has 3 N–H and O–H groups in total. The molecule has 0 radical (unpaired) electrons. The summed E-state index contributed by atoms with van der Waals surface area (Å²) in [7, 11) is 0. The van der Waals surface area contributed by atoms with Gasteiger partial charge in [-0.1, -0.05) is 37.3 Å². The summed E-state index contributed by atoms with van der Waals surface area (Å²) < 4.78 is 13.1. The second-order valence-corrected chi connectivity index (χ2v) is 5.07. The molecule has 1 amide bonds. The molecule has 0 spiro atoms. The number of carbonyl (C=O) groups excluding carboxylic acids is 1. The molecule has 0 aliphatic heterocycles. The van der Waals surface area contributed by atoms with Gasteiger partial charge < -0.3 is 11.1 Å². The zero-order chi connectivity index (χ0) is 15.5. The molecular formula is C17H19FN2O. The van der Waals surface area contributed by atoms with Gasteiger partial charge in [-0.3, -0.25) is 4.79 Å². The Morgan fingerprint density at radius 3 is 2.33 bits per heavy atom. The number of nitrogens with one attached hydrogen (secondary N) is 1. The first kappa shape index (κ1) is 15.0. The Morgan fingerprint density at radius 2 is 1.81 bits per heavy atom. The van der Waals surface area contributed by atoms with Crippen LogP contribution in [0.5, 0.6) is 0 Å². The van der Waals surface area contributed by atoms with Crippen molar-refractivity contribution in [1.82, 2.24) is 0 Å². The molecule has 2 aromatic rings. The quantitative estimate of drug-likeness (QED) is 0.885. The lowest BCUT2D eigenvalue weighted by atomic mass is 9.85. The molecule has 0 fully saturated rings. The fourth-order valence-corrected chi connectivity index (χ4v) is 2.42. The minimum Gasteiger partial charge on any atom is -0.367 e. The number of hydrogen-bond donors (Lipinski definition) is 2. The standard InChI is InChI=1S/C17H19FN2O/c1-3-17(16(19)21,13-8-10-14(18)11-9-13)20-15-7-5-4-6-12(15)2/h4-11,20H,3H2,1-2H3,(H2,19,21). The monoisotopic (exact) mass is 286 g/mol. The van der Waals surface area contributed by atoms with Crippen LogP contribution in [0, 0.1) is 12.7 Å². The first-order valence-electron chi connectivity index (χ1n) is 6.89. The van der Waals surface area contributed by atoms with Crippen LogP contribution in [0.25, 0.3) is 0 Å². The number of rotatable bonds is 5. The number of benzene rings is 2. The lowest BCUT2D eigenvalue weighted by molar-refractivity contribution is -0.122. The van der Waals surface area contributed by atoms with E-state index >= 15 is 0 Å². The third-order valence-corrected chi connectivity index (χ3v) is 3.78. The van der Waals surface area contributed by atoms with Crippen molar-refractivity contribution in [3.63, 3.8) is 0 Å². The van der Waals surface area contributed by atoms with Crippen LogP contribution in [0.15, 0.2) is 48.5 Å². The molecule has 1 atom stereocenters. The highest BCUT2D eigenvalue weighted by atomic mass is 19.1. The minimum atomic E-state index is -1.06. The average molecular weight is 286 g/mol. The summed E-state index contributed by atoms with van der Waals surface area (Å²) in [6.45, 7) is 3.83. The highest BCUT2D eigenvalue weighted by molar-refractivity contribution is 5.89. The number of carbonyl (C=O) groups is 1. The molecule has 110 valence electrons. The van der Waals surface area contributed by atoms with Gasteiger partial charge in [-0.25, -0.2) is 4.39 Å². The summed E-state index contributed by atoms with van der Waals surface area (Å²) in [4.78, 5) is 12.1. The van der Waals surface area contributed by atoms with Gasteiger partial charge in [0.15, 0.2) is 0 Å². The van der Waals surface area contributed by atoms with Gasteiger partial charge in [0, 0.05) is 5.69 Å². The Kier molecular flexibility index (Phi) is 4.26. The molecule has 4 heteroatoms. The number of anilines is 1. The summed E-state index contributed by atoms with van der Waals surface area (Å²) in [6.07, 6.45) is 0.461. The molecule has 0 aliphatic rings. The molecule has 1 unspecified atom stereocenters. The number of nitrogens with two attached hydrogens (primary N) is 1. The third-order valence-electron chi connectivity index (χ3n) is 3.78. The molecule has 0 aliphatic carbocycles. The predicted octanol–water partition coefficient (Wildman–Crippen LogP) is 3.34. The Bertz CT molecular complexity index is 639. The maximum Gasteiger partial charge on any atom is 0.247 e. The number of halogens is 1. The number of primary amides is 1. The third kappa shape index (κ3) is 2.89. The van der Waals surface area contributed by atoms with Crippen molar-refractivity contribution in [2.24, 2.45) is 5.73 Å². The first-order chi connectivity index (χ1) is 9.99. The van der Waals surface area contributed by atoms with E-state index in [2.05, 4.69) is 5.32 Å². The number of aryl methyl sites for hydroxylation is 1. The Hall–Kier alpha value is -2.36. The van der Waals surface area contributed by atoms with E-state index in [1.807, 2.05) is 38.1 Å². The minimum absolute atomic E-state index is 0.343. The zero-order valence-corrected chi connectivity index (χ0v) is 12.2. The van der Waals surface area contributed by atoms with E-state index in [0.717, 1.165) is 11.3 Å². The van der Waals surface area contributed by atoms with Gasteiger partial charge >= 0.3 is 0 Å². The number of hydrogen-bond acceptors (Lipinski definition) is 2. The van der Waals surface area contributed by atoms with Gasteiger partial charge in [0.05, 0.1) is 0 Å². The summed E-state index contributed by atoms with van der Waals surface area (Å²) >= 11 is 0. The largest absolute Gasteiger partial charge is 0.367 e. The molecule has 2 aromatic carbocycles. The van der Waals surface area contributed by atoms with Crippen molar-refractivity contribution in [3.05, 3.63) is 65.5 Å². The fourth-order valence-electron chi connectivity index (χ4n) is 2.42. The van der Waals surface area contributed by atoms with E-state index in [-0.39, 0.29) is 5.82 Å². The van der Waals surface area contributed by atoms with Crippen LogP contribution in [-0.4, -0.2) is 5.91 Å². The Morgan fingerprint density at radius 1 is 1.19 bits per heavy atom. The van der Waals surface area contributed by atoms with Crippen LogP contribution in [0.2, 0.25) is 0 Å². The summed E-state index contributed by atoms with van der Waals surface area (Å²) in [5.74, 6) is -0.830. The number of para-hydroxylation sites is 1. The van der Waals surface area contributed by atoms with Crippen LogP contribution >= 0.6 is 0 Å². The van der Waals surface area contributed by atoms with Crippen LogP contribution in [0.1, 0.15) is 24.5 Å². The molecule has 0 aromatic heterocycles. The van der Waals surface area contributed by atoms with Crippen molar-refractivity contribution in [2.45, 2.75) is 25.8 Å². The normalized spacial score (nSPS) is 13.5. The van der Waals surface area contributed by atoms with Crippen LogP contribution in [-0.2, 0) is 10.3 Å². The number of amides is 1. The highest BCUT2D eigenvalue weighted by Gasteiger charge is 2.37. The summed E-state index contributed by atoms with van der Waals surface area (Å²) in [6, 6.07) is 13.5. The van der Waals surface area contributed by atoms with E-state index in [1.165, 1.54) is 12.1 Å². The van der Waals surface area contributed by atoms with Gasteiger partial charge in [-0.2, -0.15) is 0 Å². The van der Waals surface area contributed by atoms with Crippen molar-refractivity contribution < 1.29 is 9.18 Å². The highest BCUT2D eigenvalue weighted by Crippen LogP contribution is 2.31. The van der Waals surface area contributed by atoms with Gasteiger partial charge in [0.25, 0.3) is 0 Å². The molecule has 2 rings (SSSR count). The van der Waals surface area contributed by atoms with Gasteiger partial charge in [0.1, 0.15) is 11.4 Å². The lowest BCUT2D eigenvalue weighted by Crippen LogP contribution is -2.47. The summed E-state index contributed by atoms with van der Waals surface area (Å²) in [5.41, 5.74) is 7.10. The molecule has 0 saturated heterocycles. The van der Waals surface area contributed by atoms with E-state index in [9.17, 15) is 9.18 Å². The molecule has 0 heterocycles. The smallest absolute Gasteiger partial charge is 0.247 e. The maximum atomic E-state index is 13.1. The molecule has 21 heavy (non-hydrogen) atoms. The topological polar surface area (TPSA) is 55.1 Å². The van der Waals surface area contributed by atoms with Crippen molar-refractivity contribution in [2.75, 3.05) is 5.32 Å². The van der Waals surface area contributed by atoms with Crippen molar-refractivity contribution in [1.29, 1.82) is 0 Å². The molecule has 3 nitrogen and oxygen atoms in total. The van der Waals surface area contributed by atoms with E-state index in [1.54, 1.807) is 12.1 Å². The zero-order valence-electron chi connectivity index (χ0n) is 12.2. The average Bonchev–Trinajstić information content (AvgIpc) is 2.47. The Balaban J connectivity index is 2.50.